The van der Waals surface area contributed by atoms with Gasteiger partial charge in [-0.25, -0.2) is 0 Å². The fourth-order valence-corrected chi connectivity index (χ4v) is 4.05. The number of ether oxygens (including phenoxy) is 1. The number of thiophene rings is 1. The van der Waals surface area contributed by atoms with Gasteiger partial charge in [-0.15, -0.1) is 0 Å². The van der Waals surface area contributed by atoms with Gasteiger partial charge in [0.25, 0.3) is 11.9 Å². The van der Waals surface area contributed by atoms with Gasteiger partial charge in [-0.2, -0.15) is 0 Å². The van der Waals surface area contributed by atoms with E-state index in [1.54, 1.807) is 18.2 Å². The molecule has 2 N–H and O–H groups in total. The summed E-state index contributed by atoms with van der Waals surface area (Å²) >= 11 is 1.33. The van der Waals surface area contributed by atoms with Crippen LogP contribution in [0.5, 0.6) is 11.0 Å². The van der Waals surface area contributed by atoms with E-state index in [9.17, 15) is 4.79 Å². The van der Waals surface area contributed by atoms with Crippen molar-refractivity contribution in [3.05, 3.63) is 34.9 Å². The minimum Gasteiger partial charge on any atom is -0.431 e. The predicted octanol–water partition coefficient (Wildman–Crippen LogP) is 3.06. The van der Waals surface area contributed by atoms with Gasteiger partial charge in [0.2, 0.25) is 0 Å². The Kier molecular flexibility index (Phi) is 3.43. The lowest BCUT2D eigenvalue weighted by Crippen LogP contribution is -2.42. The normalized spacial score (nSPS) is 26.3. The molecule has 5 nitrogen and oxygen atoms in total. The first-order chi connectivity index (χ1) is 10.7. The Morgan fingerprint density at radius 3 is 2.95 bits per heavy atom. The molecule has 0 radical (unpaired) electrons. The highest BCUT2D eigenvalue weighted by Gasteiger charge is 2.39. The molecule has 2 aliphatic heterocycles. The zero-order valence-corrected chi connectivity index (χ0v) is 13.1. The Hall–Kier alpha value is -1.79. The first-order valence-corrected chi connectivity index (χ1v) is 8.40. The third kappa shape index (κ3) is 2.64. The monoisotopic (exact) mass is 318 g/mol. The number of hydrogen-bond donors (Lipinski definition) is 2. The van der Waals surface area contributed by atoms with Crippen molar-refractivity contribution >= 4 is 17.2 Å². The summed E-state index contributed by atoms with van der Waals surface area (Å²) in [6.07, 6.45) is 3.43. The molecule has 0 aliphatic carbocycles. The van der Waals surface area contributed by atoms with E-state index < -0.39 is 0 Å². The number of fused-ring (bicyclic) bond motifs is 2. The molecule has 0 unspecified atom stereocenters. The van der Waals surface area contributed by atoms with Gasteiger partial charge in [-0.05, 0) is 44.4 Å². The van der Waals surface area contributed by atoms with Crippen LogP contribution in [-0.4, -0.2) is 24.0 Å². The molecule has 3 atom stereocenters. The molecule has 2 saturated heterocycles. The summed E-state index contributed by atoms with van der Waals surface area (Å²) in [7, 11) is 0. The number of aryl methyl sites for hydroxylation is 1. The first kappa shape index (κ1) is 13.8. The molecule has 1 amide bonds. The fraction of sp³-hybridized carbons (Fsp3) is 0.438. The van der Waals surface area contributed by atoms with Crippen LogP contribution < -0.4 is 15.4 Å². The number of carbonyl (C=O) groups is 1. The van der Waals surface area contributed by atoms with Crippen LogP contribution in [0.2, 0.25) is 0 Å². The highest BCUT2D eigenvalue weighted by atomic mass is 32.1. The minimum absolute atomic E-state index is 0.0187. The second kappa shape index (κ2) is 5.44. The van der Waals surface area contributed by atoms with Crippen LogP contribution in [0.25, 0.3) is 0 Å². The summed E-state index contributed by atoms with van der Waals surface area (Å²) in [6, 6.07) is 8.50. The quantitative estimate of drug-likeness (QED) is 0.909. The van der Waals surface area contributed by atoms with Gasteiger partial charge in [0.1, 0.15) is 5.76 Å². The van der Waals surface area contributed by atoms with Crippen LogP contribution in [0.1, 0.15) is 34.7 Å². The summed E-state index contributed by atoms with van der Waals surface area (Å²) in [5.41, 5.74) is 0. The minimum atomic E-state index is -0.0187. The smallest absolute Gasteiger partial charge is 0.290 e. The van der Waals surface area contributed by atoms with Crippen LogP contribution in [0.3, 0.4) is 0 Å². The van der Waals surface area contributed by atoms with Crippen molar-refractivity contribution in [3.63, 3.8) is 0 Å². The van der Waals surface area contributed by atoms with Crippen LogP contribution in [0.4, 0.5) is 0 Å². The molecule has 6 heteroatoms. The zero-order chi connectivity index (χ0) is 15.1. The van der Waals surface area contributed by atoms with E-state index in [-0.39, 0.29) is 11.9 Å². The molecule has 0 saturated carbocycles. The summed E-state index contributed by atoms with van der Waals surface area (Å²) < 4.78 is 11.0. The second-order valence-corrected chi connectivity index (χ2v) is 7.00. The van der Waals surface area contributed by atoms with Crippen molar-refractivity contribution in [2.24, 2.45) is 0 Å². The van der Waals surface area contributed by atoms with Crippen molar-refractivity contribution in [2.75, 3.05) is 0 Å². The third-order valence-corrected chi connectivity index (χ3v) is 5.30. The van der Waals surface area contributed by atoms with Crippen molar-refractivity contribution in [1.29, 1.82) is 0 Å². The Morgan fingerprint density at radius 2 is 2.27 bits per heavy atom. The molecular formula is C16H18N2O3S. The SMILES string of the molecule is Cc1ccc(Oc2ccc(C(=O)N[C@@H]3C[C@H]4CC[C@@H]3N4)s2)o1. The number of nitrogens with one attached hydrogen (secondary N) is 2. The average molecular weight is 318 g/mol. The Labute approximate surface area is 132 Å². The second-order valence-electron chi connectivity index (χ2n) is 5.95. The fourth-order valence-electron chi connectivity index (χ4n) is 3.29. The molecule has 22 heavy (non-hydrogen) atoms. The number of amides is 1. The lowest BCUT2D eigenvalue weighted by atomic mass is 9.95. The van der Waals surface area contributed by atoms with Gasteiger partial charge >= 0.3 is 0 Å². The lowest BCUT2D eigenvalue weighted by Gasteiger charge is -2.20. The van der Waals surface area contributed by atoms with E-state index in [1.807, 2.05) is 13.0 Å². The van der Waals surface area contributed by atoms with Gasteiger partial charge in [-0.3, -0.25) is 4.79 Å². The highest BCUT2D eigenvalue weighted by Crippen LogP contribution is 2.32. The van der Waals surface area contributed by atoms with E-state index >= 15 is 0 Å². The standard InChI is InChI=1S/C16H18N2O3S/c1-9-2-6-14(20-9)21-15-7-5-13(22-15)16(19)18-12-8-10-3-4-11(12)17-10/h2,5-7,10-12,17H,3-4,8H2,1H3,(H,18,19)/t10-,11+,12-/m1/s1. The van der Waals surface area contributed by atoms with Crippen molar-refractivity contribution < 1.29 is 13.9 Å². The topological polar surface area (TPSA) is 63.5 Å². The van der Waals surface area contributed by atoms with Crippen LogP contribution in [0, 0.1) is 6.92 Å². The Bertz CT molecular complexity index is 693. The van der Waals surface area contributed by atoms with Crippen LogP contribution in [0.15, 0.2) is 28.7 Å². The molecule has 4 heterocycles. The van der Waals surface area contributed by atoms with Crippen LogP contribution >= 0.6 is 11.3 Å². The Morgan fingerprint density at radius 1 is 1.36 bits per heavy atom. The molecule has 0 aromatic carbocycles. The first-order valence-electron chi connectivity index (χ1n) is 7.58. The summed E-state index contributed by atoms with van der Waals surface area (Å²) in [5.74, 6) is 1.23. The van der Waals surface area contributed by atoms with Crippen molar-refractivity contribution in [3.8, 4) is 11.0 Å². The summed E-state index contributed by atoms with van der Waals surface area (Å²) in [5, 5.41) is 7.32. The maximum Gasteiger partial charge on any atom is 0.290 e. The number of hydrogen-bond acceptors (Lipinski definition) is 5. The molecule has 116 valence electrons. The van der Waals surface area contributed by atoms with Gasteiger partial charge in [0.05, 0.1) is 4.88 Å². The maximum absolute atomic E-state index is 12.3. The van der Waals surface area contributed by atoms with Crippen molar-refractivity contribution in [2.45, 2.75) is 44.3 Å². The molecule has 4 rings (SSSR count). The van der Waals surface area contributed by atoms with Crippen molar-refractivity contribution in [1.82, 2.24) is 10.6 Å². The van der Waals surface area contributed by atoms with E-state index in [2.05, 4.69) is 10.6 Å². The number of furan rings is 1. The van der Waals surface area contributed by atoms with E-state index in [4.69, 9.17) is 9.15 Å². The molecule has 2 aromatic rings. The van der Waals surface area contributed by atoms with Gasteiger partial charge in [0, 0.05) is 24.2 Å². The van der Waals surface area contributed by atoms with E-state index in [1.165, 1.54) is 17.8 Å². The molecular weight excluding hydrogens is 300 g/mol. The van der Waals surface area contributed by atoms with Gasteiger partial charge in [0.15, 0.2) is 5.06 Å². The highest BCUT2D eigenvalue weighted by molar-refractivity contribution is 7.15. The van der Waals surface area contributed by atoms with E-state index in [0.717, 1.165) is 18.6 Å². The molecule has 2 fully saturated rings. The predicted molar refractivity (Wildman–Crippen MR) is 83.7 cm³/mol. The molecule has 2 aliphatic rings. The van der Waals surface area contributed by atoms with E-state index in [0.29, 0.717) is 28.0 Å². The number of rotatable bonds is 4. The summed E-state index contributed by atoms with van der Waals surface area (Å²) in [4.78, 5) is 13.0. The lowest BCUT2D eigenvalue weighted by molar-refractivity contribution is 0.0935. The number of carbonyl (C=O) groups excluding carboxylic acids is 1. The van der Waals surface area contributed by atoms with Crippen LogP contribution in [-0.2, 0) is 0 Å². The zero-order valence-electron chi connectivity index (χ0n) is 12.3. The molecule has 0 spiro atoms. The summed E-state index contributed by atoms with van der Waals surface area (Å²) in [6.45, 7) is 1.86. The molecule has 2 aromatic heterocycles. The molecule has 2 bridgehead atoms. The largest absolute Gasteiger partial charge is 0.431 e. The maximum atomic E-state index is 12.3. The van der Waals surface area contributed by atoms with Gasteiger partial charge in [-0.1, -0.05) is 11.3 Å². The third-order valence-electron chi connectivity index (χ3n) is 4.34. The van der Waals surface area contributed by atoms with Gasteiger partial charge < -0.3 is 19.8 Å². The Balaban J connectivity index is 1.39. The average Bonchev–Trinajstić information content (AvgIpc) is 3.24.